The summed E-state index contributed by atoms with van der Waals surface area (Å²) >= 11 is 2.28. The van der Waals surface area contributed by atoms with E-state index in [0.717, 1.165) is 62.9 Å². The molecule has 6 nitrogen and oxygen atoms in total. The lowest BCUT2D eigenvalue weighted by atomic mass is 9.71. The molecule has 7 heteroatoms. The van der Waals surface area contributed by atoms with Crippen molar-refractivity contribution in [2.75, 3.05) is 27.4 Å². The summed E-state index contributed by atoms with van der Waals surface area (Å²) in [6.07, 6.45) is 4.34. The van der Waals surface area contributed by atoms with E-state index in [0.29, 0.717) is 44.1 Å². The van der Waals surface area contributed by atoms with Crippen LogP contribution in [0.1, 0.15) is 66.7 Å². The summed E-state index contributed by atoms with van der Waals surface area (Å²) in [4.78, 5) is 29.3. The number of ether oxygens (including phenoxy) is 3. The number of ketones is 2. The fraction of sp³-hybridized carbons (Fsp3) is 0.438. The van der Waals surface area contributed by atoms with Gasteiger partial charge in [0.2, 0.25) is 0 Å². The Morgan fingerprint density at radius 3 is 2.05 bits per heavy atom. The van der Waals surface area contributed by atoms with Gasteiger partial charge >= 0.3 is 0 Å². The van der Waals surface area contributed by atoms with E-state index in [-0.39, 0.29) is 17.5 Å². The summed E-state index contributed by atoms with van der Waals surface area (Å²) in [5.41, 5.74) is 8.07. The summed E-state index contributed by atoms with van der Waals surface area (Å²) in [6, 6.07) is 10.4. The summed E-state index contributed by atoms with van der Waals surface area (Å²) in [5, 5.41) is 0. The normalized spacial score (nSPS) is 17.9. The lowest BCUT2D eigenvalue weighted by Crippen LogP contribution is -2.40. The van der Waals surface area contributed by atoms with Gasteiger partial charge in [0.15, 0.2) is 23.1 Å². The van der Waals surface area contributed by atoms with E-state index in [1.165, 1.54) is 11.1 Å². The molecule has 0 atom stereocenters. The van der Waals surface area contributed by atoms with Crippen LogP contribution >= 0.6 is 22.6 Å². The monoisotopic (exact) mass is 641 g/mol. The molecule has 0 unspecified atom stereocenters. The molecule has 0 bridgehead atoms. The van der Waals surface area contributed by atoms with Gasteiger partial charge in [-0.15, -0.1) is 0 Å². The highest BCUT2D eigenvalue weighted by atomic mass is 127. The van der Waals surface area contributed by atoms with Gasteiger partial charge in [0, 0.05) is 55.0 Å². The molecule has 0 saturated heterocycles. The van der Waals surface area contributed by atoms with Crippen molar-refractivity contribution in [3.8, 4) is 11.5 Å². The number of aryl methyl sites for hydroxylation is 2. The molecule has 1 heterocycles. The number of Topliss-reactive ketones (excluding diaryl/α,β-unsaturated/α-hetero) is 2. The van der Waals surface area contributed by atoms with Crippen LogP contribution in [-0.2, 0) is 20.9 Å². The average molecular weight is 642 g/mol. The second kappa shape index (κ2) is 11.8. The van der Waals surface area contributed by atoms with E-state index in [4.69, 9.17) is 14.2 Å². The van der Waals surface area contributed by atoms with E-state index >= 15 is 0 Å². The van der Waals surface area contributed by atoms with Crippen molar-refractivity contribution in [1.29, 1.82) is 0 Å². The largest absolute Gasteiger partial charge is 0.493 e. The van der Waals surface area contributed by atoms with E-state index < -0.39 is 0 Å². The Kier molecular flexibility index (Phi) is 8.47. The summed E-state index contributed by atoms with van der Waals surface area (Å²) in [6.45, 7) is 5.78. The number of hydrogen-bond donors (Lipinski definition) is 0. The minimum Gasteiger partial charge on any atom is -0.493 e. The first-order chi connectivity index (χ1) is 18.8. The smallest absolute Gasteiger partial charge is 0.174 e. The average Bonchev–Trinajstić information content (AvgIpc) is 2.90. The highest BCUT2D eigenvalue weighted by molar-refractivity contribution is 14.1. The van der Waals surface area contributed by atoms with Gasteiger partial charge < -0.3 is 19.1 Å². The second-order valence-electron chi connectivity index (χ2n) is 10.7. The molecule has 0 radical (unpaired) electrons. The van der Waals surface area contributed by atoms with Gasteiger partial charge in [-0.3, -0.25) is 9.59 Å². The molecule has 2 aromatic carbocycles. The van der Waals surface area contributed by atoms with Crippen molar-refractivity contribution in [1.82, 2.24) is 4.90 Å². The fourth-order valence-electron chi connectivity index (χ4n) is 6.36. The number of rotatable bonds is 8. The predicted octanol–water partition coefficient (Wildman–Crippen LogP) is 6.56. The molecule has 2 aliphatic carbocycles. The van der Waals surface area contributed by atoms with Crippen molar-refractivity contribution in [3.63, 3.8) is 0 Å². The number of hydrogen-bond acceptors (Lipinski definition) is 6. The van der Waals surface area contributed by atoms with Crippen LogP contribution in [0.3, 0.4) is 0 Å². The third kappa shape index (κ3) is 5.53. The molecule has 0 N–H and O–H groups in total. The van der Waals surface area contributed by atoms with Crippen LogP contribution in [0.25, 0.3) is 0 Å². The van der Waals surface area contributed by atoms with E-state index in [9.17, 15) is 9.59 Å². The maximum atomic E-state index is 13.5. The number of allylic oxidation sites excluding steroid dienone is 4. The Labute approximate surface area is 244 Å². The highest BCUT2D eigenvalue weighted by Gasteiger charge is 2.43. The standard InChI is InChI=1S/C32H36INO5/c1-19-13-20(2)15-21(14-19)18-39-32-23(33)16-22(17-28(32)38-4)29-30-24(7-5-9-26(30)35)34(11-12-37-3)25-8-6-10-27(36)31(25)29/h13-17,29H,5-12,18H2,1-4H3. The molecule has 39 heavy (non-hydrogen) atoms. The zero-order chi connectivity index (χ0) is 27.7. The van der Waals surface area contributed by atoms with Crippen LogP contribution in [-0.4, -0.2) is 43.8 Å². The Balaban J connectivity index is 1.58. The first-order valence-electron chi connectivity index (χ1n) is 13.7. The Bertz CT molecular complexity index is 1310. The lowest BCUT2D eigenvalue weighted by molar-refractivity contribution is -0.117. The molecule has 0 aromatic heterocycles. The Morgan fingerprint density at radius 1 is 0.872 bits per heavy atom. The maximum absolute atomic E-state index is 13.5. The first kappa shape index (κ1) is 27.9. The highest BCUT2D eigenvalue weighted by Crippen LogP contribution is 2.50. The number of nitrogens with zero attached hydrogens (tertiary/aromatic N) is 1. The van der Waals surface area contributed by atoms with Crippen molar-refractivity contribution in [3.05, 3.63) is 78.7 Å². The SMILES string of the molecule is COCCN1C2=C(C(=O)CCC2)C(c2cc(I)c(OCc3cc(C)cc(C)c3)c(OC)c2)C2=C1CCCC2=O. The van der Waals surface area contributed by atoms with Crippen molar-refractivity contribution < 1.29 is 23.8 Å². The lowest BCUT2D eigenvalue weighted by Gasteiger charge is -2.44. The number of carbonyl (C=O) groups excluding carboxylic acids is 2. The molecule has 0 spiro atoms. The van der Waals surface area contributed by atoms with Gasteiger partial charge in [0.05, 0.1) is 17.3 Å². The molecule has 0 fully saturated rings. The first-order valence-corrected chi connectivity index (χ1v) is 14.8. The Morgan fingerprint density at radius 2 is 1.49 bits per heavy atom. The zero-order valence-electron chi connectivity index (χ0n) is 23.2. The van der Waals surface area contributed by atoms with E-state index in [1.54, 1.807) is 14.2 Å². The van der Waals surface area contributed by atoms with E-state index in [2.05, 4.69) is 65.6 Å². The molecule has 206 valence electrons. The molecule has 3 aliphatic rings. The Hall–Kier alpha value is -2.65. The number of carbonyl (C=O) groups is 2. The van der Waals surface area contributed by atoms with Crippen molar-refractivity contribution >= 4 is 34.2 Å². The topological polar surface area (TPSA) is 65.1 Å². The number of methoxy groups -OCH3 is 2. The van der Waals surface area contributed by atoms with Gasteiger partial charge in [0.25, 0.3) is 0 Å². The quantitative estimate of drug-likeness (QED) is 0.305. The van der Waals surface area contributed by atoms with Crippen LogP contribution in [0.4, 0.5) is 0 Å². The van der Waals surface area contributed by atoms with Crippen LogP contribution in [0.5, 0.6) is 11.5 Å². The van der Waals surface area contributed by atoms with Gasteiger partial charge in [-0.1, -0.05) is 29.3 Å². The van der Waals surface area contributed by atoms with Gasteiger partial charge in [-0.25, -0.2) is 0 Å². The summed E-state index contributed by atoms with van der Waals surface area (Å²) < 4.78 is 18.4. The van der Waals surface area contributed by atoms with Gasteiger partial charge in [-0.05, 0) is 85.4 Å². The third-order valence-electron chi connectivity index (χ3n) is 7.86. The molecule has 1 aliphatic heterocycles. The van der Waals surface area contributed by atoms with Gasteiger partial charge in [-0.2, -0.15) is 0 Å². The van der Waals surface area contributed by atoms with E-state index in [1.807, 2.05) is 6.07 Å². The summed E-state index contributed by atoms with van der Waals surface area (Å²) in [5.74, 6) is 1.17. The zero-order valence-corrected chi connectivity index (χ0v) is 25.4. The third-order valence-corrected chi connectivity index (χ3v) is 8.66. The predicted molar refractivity (Wildman–Crippen MR) is 159 cm³/mol. The fourth-order valence-corrected chi connectivity index (χ4v) is 7.14. The molecular weight excluding hydrogens is 605 g/mol. The minimum atomic E-state index is -0.384. The van der Waals surface area contributed by atoms with Crippen LogP contribution in [0, 0.1) is 17.4 Å². The number of halogens is 1. The van der Waals surface area contributed by atoms with Crippen LogP contribution < -0.4 is 9.47 Å². The van der Waals surface area contributed by atoms with Crippen molar-refractivity contribution in [2.45, 2.75) is 64.9 Å². The molecule has 2 aromatic rings. The van der Waals surface area contributed by atoms with Crippen molar-refractivity contribution in [2.24, 2.45) is 0 Å². The van der Waals surface area contributed by atoms with Gasteiger partial charge in [0.1, 0.15) is 6.61 Å². The summed E-state index contributed by atoms with van der Waals surface area (Å²) in [7, 11) is 3.33. The number of benzene rings is 2. The minimum absolute atomic E-state index is 0.137. The molecule has 0 saturated carbocycles. The molecule has 0 amide bonds. The van der Waals surface area contributed by atoms with Crippen LogP contribution in [0.15, 0.2) is 52.9 Å². The maximum Gasteiger partial charge on any atom is 0.174 e. The molecule has 5 rings (SSSR count). The van der Waals surface area contributed by atoms with Crippen LogP contribution in [0.2, 0.25) is 0 Å². The second-order valence-corrected chi connectivity index (χ2v) is 11.8. The molecular formula is C32H36INO5.